The number of hydrogen-bond donors (Lipinski definition) is 2. The second kappa shape index (κ2) is 12.7. The molecular weight excluding hydrogens is 540 g/mol. The number of amides is 2. The first-order valence-corrected chi connectivity index (χ1v) is 13.7. The van der Waals surface area contributed by atoms with E-state index in [1.807, 2.05) is 0 Å². The molecule has 0 saturated carbocycles. The number of ether oxygens (including phenoxy) is 4. The van der Waals surface area contributed by atoms with Crippen molar-refractivity contribution in [1.29, 1.82) is 0 Å². The minimum absolute atomic E-state index is 0.0693. The van der Waals surface area contributed by atoms with Crippen molar-refractivity contribution in [2.75, 3.05) is 39.3 Å². The van der Waals surface area contributed by atoms with Crippen LogP contribution in [0.25, 0.3) is 6.08 Å². The summed E-state index contributed by atoms with van der Waals surface area (Å²) in [6, 6.07) is 14.5. The van der Waals surface area contributed by atoms with E-state index < -0.39 is 6.04 Å². The van der Waals surface area contributed by atoms with Gasteiger partial charge in [-0.2, -0.15) is 0 Å². The number of phenols is 1. The molecule has 0 spiro atoms. The van der Waals surface area contributed by atoms with Crippen molar-refractivity contribution >= 4 is 29.4 Å². The first-order valence-electron chi connectivity index (χ1n) is 13.7. The number of allylic oxidation sites excluding steroid dienone is 1. The first-order chi connectivity index (χ1) is 20.4. The molecule has 3 aromatic carbocycles. The lowest BCUT2D eigenvalue weighted by atomic mass is 10.1. The number of ketones is 1. The molecule has 218 valence electrons. The van der Waals surface area contributed by atoms with Crippen LogP contribution in [0.1, 0.15) is 45.5 Å². The predicted molar refractivity (Wildman–Crippen MR) is 156 cm³/mol. The van der Waals surface area contributed by atoms with Crippen LogP contribution in [-0.4, -0.2) is 67.6 Å². The maximum absolute atomic E-state index is 13.1. The summed E-state index contributed by atoms with van der Waals surface area (Å²) in [6.45, 7) is 1.18. The Labute approximate surface area is 243 Å². The molecule has 0 bridgehead atoms. The molecule has 0 radical (unpaired) electrons. The van der Waals surface area contributed by atoms with Crippen molar-refractivity contribution in [3.8, 4) is 28.7 Å². The van der Waals surface area contributed by atoms with E-state index in [0.717, 1.165) is 12.0 Å². The Balaban J connectivity index is 1.17. The molecule has 2 amide bonds. The van der Waals surface area contributed by atoms with Gasteiger partial charge in [0.1, 0.15) is 11.8 Å². The number of nitrogens with one attached hydrogen (secondary N) is 1. The fourth-order valence-corrected chi connectivity index (χ4v) is 5.04. The second-order valence-corrected chi connectivity index (χ2v) is 9.87. The van der Waals surface area contributed by atoms with Gasteiger partial charge in [-0.1, -0.05) is 24.3 Å². The zero-order valence-corrected chi connectivity index (χ0v) is 23.4. The van der Waals surface area contributed by atoms with Crippen LogP contribution < -0.4 is 24.3 Å². The van der Waals surface area contributed by atoms with Gasteiger partial charge in [-0.05, 0) is 54.8 Å². The molecule has 0 aromatic heterocycles. The number of methoxy groups -OCH3 is 2. The van der Waals surface area contributed by atoms with Crippen molar-refractivity contribution in [2.24, 2.45) is 0 Å². The molecule has 42 heavy (non-hydrogen) atoms. The van der Waals surface area contributed by atoms with Gasteiger partial charge in [-0.3, -0.25) is 14.4 Å². The minimum atomic E-state index is -0.453. The number of hydrogen-bond acceptors (Lipinski definition) is 8. The largest absolute Gasteiger partial charge is 0.507 e. The minimum Gasteiger partial charge on any atom is -0.507 e. The number of para-hydroxylation sites is 1. The van der Waals surface area contributed by atoms with E-state index in [4.69, 9.17) is 18.9 Å². The summed E-state index contributed by atoms with van der Waals surface area (Å²) in [5.74, 6) is 1.09. The van der Waals surface area contributed by atoms with Gasteiger partial charge in [0.2, 0.25) is 5.91 Å². The SMILES string of the molecule is COc1cc(/C=C/C(=O)c2ccccc2O)ccc1OCCCOc1cc2c(cc1OC)C(=O)N1CCC[C@H]1C(=O)N2. The highest BCUT2D eigenvalue weighted by atomic mass is 16.5. The molecule has 5 rings (SSSR count). The van der Waals surface area contributed by atoms with Gasteiger partial charge < -0.3 is 34.3 Å². The van der Waals surface area contributed by atoms with Crippen molar-refractivity contribution in [3.05, 3.63) is 77.4 Å². The Bertz CT molecular complexity index is 1530. The van der Waals surface area contributed by atoms with Crippen LogP contribution in [0, 0.1) is 0 Å². The molecule has 1 atom stereocenters. The molecule has 3 aromatic rings. The fourth-order valence-electron chi connectivity index (χ4n) is 5.04. The zero-order valence-electron chi connectivity index (χ0n) is 23.4. The average molecular weight is 573 g/mol. The third-order valence-electron chi connectivity index (χ3n) is 7.20. The van der Waals surface area contributed by atoms with E-state index in [1.54, 1.807) is 59.5 Å². The number of rotatable bonds is 11. The highest BCUT2D eigenvalue weighted by Gasteiger charge is 2.39. The molecular formula is C32H32N2O8. The predicted octanol–water partition coefficient (Wildman–Crippen LogP) is 4.71. The number of benzene rings is 3. The lowest BCUT2D eigenvalue weighted by Crippen LogP contribution is -2.40. The molecule has 1 fully saturated rings. The number of carbonyl (C=O) groups is 3. The van der Waals surface area contributed by atoms with Crippen molar-refractivity contribution in [1.82, 2.24) is 4.90 Å². The van der Waals surface area contributed by atoms with Gasteiger partial charge in [0.15, 0.2) is 28.8 Å². The molecule has 10 nitrogen and oxygen atoms in total. The Morgan fingerprint density at radius 1 is 0.976 bits per heavy atom. The maximum Gasteiger partial charge on any atom is 0.256 e. The van der Waals surface area contributed by atoms with Gasteiger partial charge in [0.25, 0.3) is 5.91 Å². The quantitative estimate of drug-likeness (QED) is 0.192. The Kier molecular flexibility index (Phi) is 8.61. The van der Waals surface area contributed by atoms with Crippen molar-refractivity contribution in [3.63, 3.8) is 0 Å². The Morgan fingerprint density at radius 2 is 1.71 bits per heavy atom. The summed E-state index contributed by atoms with van der Waals surface area (Å²) in [5, 5.41) is 12.7. The molecule has 10 heteroatoms. The van der Waals surface area contributed by atoms with E-state index in [9.17, 15) is 19.5 Å². The van der Waals surface area contributed by atoms with Crippen molar-refractivity contribution in [2.45, 2.75) is 25.3 Å². The third-order valence-corrected chi connectivity index (χ3v) is 7.20. The van der Waals surface area contributed by atoms with Crippen LogP contribution in [0.2, 0.25) is 0 Å². The maximum atomic E-state index is 13.1. The van der Waals surface area contributed by atoms with Gasteiger partial charge in [-0.25, -0.2) is 0 Å². The van der Waals surface area contributed by atoms with Gasteiger partial charge in [0.05, 0.1) is 44.2 Å². The highest BCUT2D eigenvalue weighted by Crippen LogP contribution is 2.37. The summed E-state index contributed by atoms with van der Waals surface area (Å²) >= 11 is 0. The number of aromatic hydroxyl groups is 1. The summed E-state index contributed by atoms with van der Waals surface area (Å²) in [7, 11) is 3.03. The number of carbonyl (C=O) groups excluding carboxylic acids is 3. The van der Waals surface area contributed by atoms with E-state index in [0.29, 0.717) is 66.8 Å². The average Bonchev–Trinajstić information content (AvgIpc) is 3.47. The third kappa shape index (κ3) is 6.02. The molecule has 2 aliphatic heterocycles. The monoisotopic (exact) mass is 572 g/mol. The van der Waals surface area contributed by atoms with Crippen LogP contribution in [0.3, 0.4) is 0 Å². The number of nitrogens with zero attached hydrogens (tertiary/aromatic N) is 1. The van der Waals surface area contributed by atoms with E-state index in [-0.39, 0.29) is 28.9 Å². The number of fused-ring (bicyclic) bond motifs is 2. The smallest absolute Gasteiger partial charge is 0.256 e. The molecule has 2 aliphatic rings. The van der Waals surface area contributed by atoms with Gasteiger partial charge in [-0.15, -0.1) is 0 Å². The topological polar surface area (TPSA) is 124 Å². The second-order valence-electron chi connectivity index (χ2n) is 9.87. The Hall–Kier alpha value is -4.99. The lowest BCUT2D eigenvalue weighted by molar-refractivity contribution is -0.119. The fraction of sp³-hybridized carbons (Fsp3) is 0.281. The van der Waals surface area contributed by atoms with E-state index in [1.165, 1.54) is 26.4 Å². The summed E-state index contributed by atoms with van der Waals surface area (Å²) < 4.78 is 22.8. The lowest BCUT2D eigenvalue weighted by Gasteiger charge is -2.20. The normalized spacial score (nSPS) is 16.0. The van der Waals surface area contributed by atoms with Crippen LogP contribution in [0.4, 0.5) is 5.69 Å². The summed E-state index contributed by atoms with van der Waals surface area (Å²) in [5.41, 5.74) is 1.75. The molecule has 1 saturated heterocycles. The van der Waals surface area contributed by atoms with Crippen LogP contribution in [0.15, 0.2) is 60.7 Å². The van der Waals surface area contributed by atoms with Crippen molar-refractivity contribution < 1.29 is 38.4 Å². The van der Waals surface area contributed by atoms with Crippen LogP contribution >= 0.6 is 0 Å². The standard InChI is InChI=1S/C32H32N2O8/c1-39-28-17-20(10-12-26(36)21-7-3-4-9-25(21)35)11-13-27(28)41-15-6-16-42-30-19-23-22(18-29(30)40-2)32(38)34-14-5-8-24(34)31(37)33-23/h3-4,7,9-13,17-19,24,35H,5-6,8,14-16H2,1-2H3,(H,33,37)/b12-10+/t24-/m0/s1. The molecule has 2 N–H and O–H groups in total. The molecule has 0 aliphatic carbocycles. The Morgan fingerprint density at radius 3 is 2.48 bits per heavy atom. The summed E-state index contributed by atoms with van der Waals surface area (Å²) in [4.78, 5) is 39.8. The van der Waals surface area contributed by atoms with Crippen LogP contribution in [-0.2, 0) is 4.79 Å². The first kappa shape index (κ1) is 28.5. The summed E-state index contributed by atoms with van der Waals surface area (Å²) in [6.07, 6.45) is 5.01. The zero-order chi connectivity index (χ0) is 29.6. The van der Waals surface area contributed by atoms with Gasteiger partial charge >= 0.3 is 0 Å². The van der Waals surface area contributed by atoms with Gasteiger partial charge in [0, 0.05) is 19.0 Å². The highest BCUT2D eigenvalue weighted by molar-refractivity contribution is 6.11. The van der Waals surface area contributed by atoms with Crippen LogP contribution in [0.5, 0.6) is 28.7 Å². The molecule has 0 unspecified atom stereocenters. The number of phenolic OH excluding ortho intramolecular Hbond substituents is 1. The van der Waals surface area contributed by atoms with E-state index >= 15 is 0 Å². The molecule has 2 heterocycles. The number of anilines is 1. The van der Waals surface area contributed by atoms with E-state index in [2.05, 4.69) is 5.32 Å².